The van der Waals surface area contributed by atoms with E-state index < -0.39 is 0 Å². The maximum Gasteiger partial charge on any atom is 0.0849 e. The highest BCUT2D eigenvalue weighted by Gasteiger charge is 2.15. The Labute approximate surface area is 108 Å². The van der Waals surface area contributed by atoms with Crippen molar-refractivity contribution in [2.75, 3.05) is 13.7 Å². The van der Waals surface area contributed by atoms with Gasteiger partial charge in [0.15, 0.2) is 0 Å². The molecular weight excluding hydrogens is 238 g/mol. The van der Waals surface area contributed by atoms with Crippen molar-refractivity contribution < 1.29 is 4.74 Å². The molecule has 0 aliphatic heterocycles. The van der Waals surface area contributed by atoms with Gasteiger partial charge in [-0.2, -0.15) is 5.10 Å². The van der Waals surface area contributed by atoms with Crippen LogP contribution in [0.25, 0.3) is 0 Å². The monoisotopic (exact) mass is 259 g/mol. The van der Waals surface area contributed by atoms with Crippen molar-refractivity contribution in [2.24, 2.45) is 5.73 Å². The van der Waals surface area contributed by atoms with Crippen molar-refractivity contribution in [3.63, 3.8) is 0 Å². The minimum absolute atomic E-state index is 0.0568. The molecule has 1 rings (SSSR count). The molecule has 17 heavy (non-hydrogen) atoms. The van der Waals surface area contributed by atoms with Crippen LogP contribution in [0.4, 0.5) is 0 Å². The van der Waals surface area contributed by atoms with Gasteiger partial charge in [0, 0.05) is 19.7 Å². The number of nitrogens with zero attached hydrogens (tertiary/aromatic N) is 2. The molecule has 0 spiro atoms. The van der Waals surface area contributed by atoms with Gasteiger partial charge in [0.1, 0.15) is 0 Å². The number of hydrogen-bond donors (Lipinski definition) is 1. The van der Waals surface area contributed by atoms with Gasteiger partial charge in [0.05, 0.1) is 23.0 Å². The van der Waals surface area contributed by atoms with Crippen LogP contribution in [-0.2, 0) is 24.1 Å². The Morgan fingerprint density at radius 1 is 1.47 bits per heavy atom. The Kier molecular flexibility index (Phi) is 5.95. The lowest BCUT2D eigenvalue weighted by Crippen LogP contribution is -2.26. The standard InChI is InChI=1S/C12H22ClN3O/c1-4-10-12(13)11(16(5-2)15-10)7-6-9(14)8-17-3/h9H,4-8,14H2,1-3H3. The zero-order chi connectivity index (χ0) is 12.8. The molecule has 4 nitrogen and oxygen atoms in total. The lowest BCUT2D eigenvalue weighted by atomic mass is 10.1. The molecule has 1 aromatic rings. The van der Waals surface area contributed by atoms with Crippen LogP contribution in [0.3, 0.4) is 0 Å². The maximum absolute atomic E-state index is 6.31. The highest BCUT2D eigenvalue weighted by Crippen LogP contribution is 2.23. The first-order valence-corrected chi connectivity index (χ1v) is 6.50. The number of rotatable bonds is 7. The lowest BCUT2D eigenvalue weighted by molar-refractivity contribution is 0.177. The summed E-state index contributed by atoms with van der Waals surface area (Å²) in [5.41, 5.74) is 7.99. The molecule has 0 saturated carbocycles. The minimum atomic E-state index is 0.0568. The van der Waals surface area contributed by atoms with Gasteiger partial charge < -0.3 is 10.5 Å². The fourth-order valence-corrected chi connectivity index (χ4v) is 2.24. The van der Waals surface area contributed by atoms with E-state index in [1.54, 1.807) is 7.11 Å². The smallest absolute Gasteiger partial charge is 0.0849 e. The fourth-order valence-electron chi connectivity index (χ4n) is 1.88. The molecule has 5 heteroatoms. The summed E-state index contributed by atoms with van der Waals surface area (Å²) >= 11 is 6.31. The summed E-state index contributed by atoms with van der Waals surface area (Å²) in [6.45, 7) is 5.56. The third-order valence-corrected chi connectivity index (χ3v) is 3.26. The molecule has 0 aliphatic rings. The topological polar surface area (TPSA) is 53.1 Å². The van der Waals surface area contributed by atoms with Gasteiger partial charge in [-0.25, -0.2) is 0 Å². The van der Waals surface area contributed by atoms with Crippen LogP contribution in [0.5, 0.6) is 0 Å². The maximum atomic E-state index is 6.31. The van der Waals surface area contributed by atoms with Gasteiger partial charge in [-0.15, -0.1) is 0 Å². The molecule has 0 bridgehead atoms. The van der Waals surface area contributed by atoms with E-state index >= 15 is 0 Å². The van der Waals surface area contributed by atoms with E-state index in [0.717, 1.165) is 42.2 Å². The average Bonchev–Trinajstić information content (AvgIpc) is 2.63. The minimum Gasteiger partial charge on any atom is -0.383 e. The first kappa shape index (κ1) is 14.5. The first-order chi connectivity index (χ1) is 8.13. The van der Waals surface area contributed by atoms with E-state index in [2.05, 4.69) is 18.9 Å². The Hall–Kier alpha value is -0.580. The summed E-state index contributed by atoms with van der Waals surface area (Å²) in [6, 6.07) is 0.0568. The van der Waals surface area contributed by atoms with Gasteiger partial charge >= 0.3 is 0 Å². The Balaban J connectivity index is 2.72. The number of nitrogens with two attached hydrogens (primary N) is 1. The number of ether oxygens (including phenoxy) is 1. The molecule has 0 aromatic carbocycles. The van der Waals surface area contributed by atoms with Crippen LogP contribution < -0.4 is 5.73 Å². The second kappa shape index (κ2) is 6.99. The normalized spacial score (nSPS) is 13.0. The zero-order valence-electron chi connectivity index (χ0n) is 10.9. The zero-order valence-corrected chi connectivity index (χ0v) is 11.6. The average molecular weight is 260 g/mol. The van der Waals surface area contributed by atoms with Crippen molar-refractivity contribution >= 4 is 11.6 Å². The van der Waals surface area contributed by atoms with Gasteiger partial charge in [-0.1, -0.05) is 18.5 Å². The van der Waals surface area contributed by atoms with E-state index in [1.165, 1.54) is 0 Å². The Morgan fingerprint density at radius 3 is 2.71 bits per heavy atom. The predicted octanol–water partition coefficient (Wildman–Crippen LogP) is 2.03. The molecule has 1 atom stereocenters. The lowest BCUT2D eigenvalue weighted by Gasteiger charge is -2.11. The summed E-state index contributed by atoms with van der Waals surface area (Å²) in [5, 5.41) is 5.29. The van der Waals surface area contributed by atoms with Crippen LogP contribution in [0, 0.1) is 0 Å². The molecule has 0 saturated heterocycles. The fraction of sp³-hybridized carbons (Fsp3) is 0.750. The number of halogens is 1. The number of hydrogen-bond acceptors (Lipinski definition) is 3. The first-order valence-electron chi connectivity index (χ1n) is 6.12. The van der Waals surface area contributed by atoms with Crippen LogP contribution in [0.2, 0.25) is 5.02 Å². The van der Waals surface area contributed by atoms with Crippen molar-refractivity contribution in [1.82, 2.24) is 9.78 Å². The van der Waals surface area contributed by atoms with Crippen LogP contribution >= 0.6 is 11.6 Å². The number of methoxy groups -OCH3 is 1. The second-order valence-electron chi connectivity index (χ2n) is 4.13. The van der Waals surface area contributed by atoms with E-state index in [4.69, 9.17) is 22.1 Å². The molecule has 98 valence electrons. The summed E-state index contributed by atoms with van der Waals surface area (Å²) in [4.78, 5) is 0. The molecule has 0 fully saturated rings. The molecule has 2 N–H and O–H groups in total. The van der Waals surface area contributed by atoms with Crippen LogP contribution in [0.15, 0.2) is 0 Å². The molecule has 1 heterocycles. The molecule has 0 radical (unpaired) electrons. The van der Waals surface area contributed by atoms with Crippen molar-refractivity contribution in [2.45, 2.75) is 45.7 Å². The van der Waals surface area contributed by atoms with E-state index in [0.29, 0.717) is 6.61 Å². The highest BCUT2D eigenvalue weighted by molar-refractivity contribution is 6.31. The largest absolute Gasteiger partial charge is 0.383 e. The Bertz CT molecular complexity index is 352. The summed E-state index contributed by atoms with van der Waals surface area (Å²) in [7, 11) is 1.67. The van der Waals surface area contributed by atoms with Gasteiger partial charge in [-0.3, -0.25) is 4.68 Å². The summed E-state index contributed by atoms with van der Waals surface area (Å²) in [5.74, 6) is 0. The third-order valence-electron chi connectivity index (χ3n) is 2.83. The molecule has 0 aliphatic carbocycles. The van der Waals surface area contributed by atoms with Crippen molar-refractivity contribution in [1.29, 1.82) is 0 Å². The Morgan fingerprint density at radius 2 is 2.18 bits per heavy atom. The van der Waals surface area contributed by atoms with Gasteiger partial charge in [-0.05, 0) is 26.2 Å². The quantitative estimate of drug-likeness (QED) is 0.815. The highest BCUT2D eigenvalue weighted by atomic mass is 35.5. The molecular formula is C12H22ClN3O. The summed E-state index contributed by atoms with van der Waals surface area (Å²) < 4.78 is 7.00. The van der Waals surface area contributed by atoms with Crippen LogP contribution in [0.1, 0.15) is 31.7 Å². The molecule has 0 amide bonds. The number of aryl methyl sites for hydroxylation is 2. The number of aromatic nitrogens is 2. The van der Waals surface area contributed by atoms with Gasteiger partial charge in [0.2, 0.25) is 0 Å². The second-order valence-corrected chi connectivity index (χ2v) is 4.51. The van der Waals surface area contributed by atoms with Gasteiger partial charge in [0.25, 0.3) is 0 Å². The molecule has 1 aromatic heterocycles. The SMILES string of the molecule is CCc1nn(CC)c(CCC(N)COC)c1Cl. The predicted molar refractivity (Wildman–Crippen MR) is 70.5 cm³/mol. The van der Waals surface area contributed by atoms with E-state index in [1.807, 2.05) is 4.68 Å². The van der Waals surface area contributed by atoms with E-state index in [-0.39, 0.29) is 6.04 Å². The van der Waals surface area contributed by atoms with Crippen molar-refractivity contribution in [3.05, 3.63) is 16.4 Å². The van der Waals surface area contributed by atoms with Crippen LogP contribution in [-0.4, -0.2) is 29.5 Å². The summed E-state index contributed by atoms with van der Waals surface area (Å²) in [6.07, 6.45) is 2.58. The molecule has 1 unspecified atom stereocenters. The van der Waals surface area contributed by atoms with Crippen molar-refractivity contribution in [3.8, 4) is 0 Å². The third kappa shape index (κ3) is 3.69. The van der Waals surface area contributed by atoms with E-state index in [9.17, 15) is 0 Å².